The lowest BCUT2D eigenvalue weighted by Gasteiger charge is -2.23. The minimum atomic E-state index is -0.643. The minimum Gasteiger partial charge on any atom is -0.251 e. The maximum atomic E-state index is 8.87. The molecule has 0 amide bonds. The monoisotopic (exact) mass is 208 g/mol. The Labute approximate surface area is 91.8 Å². The summed E-state index contributed by atoms with van der Waals surface area (Å²) in [6.45, 7) is 10.1. The molecule has 1 N–H and O–H groups in total. The van der Waals surface area contributed by atoms with Crippen molar-refractivity contribution in [3.05, 3.63) is 34.9 Å². The highest BCUT2D eigenvalue weighted by molar-refractivity contribution is 5.34. The molecule has 0 saturated heterocycles. The molecule has 0 radical (unpaired) electrons. The lowest BCUT2D eigenvalue weighted by Crippen LogP contribution is -2.20. The summed E-state index contributed by atoms with van der Waals surface area (Å²) in [5.74, 6) is 0.484. The van der Waals surface area contributed by atoms with E-state index in [0.29, 0.717) is 5.92 Å². The first kappa shape index (κ1) is 12.2. The van der Waals surface area contributed by atoms with Crippen LogP contribution in [0.1, 0.15) is 50.3 Å². The molecular formula is C13H20O2. The van der Waals surface area contributed by atoms with Crippen molar-refractivity contribution in [2.24, 2.45) is 0 Å². The zero-order valence-electron chi connectivity index (χ0n) is 10.2. The van der Waals surface area contributed by atoms with E-state index >= 15 is 0 Å². The Balaban J connectivity index is 3.20. The predicted octanol–water partition coefficient (Wildman–Crippen LogP) is 3.84. The van der Waals surface area contributed by atoms with Crippen molar-refractivity contribution < 1.29 is 10.1 Å². The van der Waals surface area contributed by atoms with Crippen molar-refractivity contribution in [2.45, 2.75) is 46.1 Å². The first-order valence-corrected chi connectivity index (χ1v) is 5.31. The topological polar surface area (TPSA) is 29.5 Å². The third-order valence-corrected chi connectivity index (χ3v) is 2.69. The highest BCUT2D eigenvalue weighted by atomic mass is 17.1. The fourth-order valence-corrected chi connectivity index (χ4v) is 1.55. The van der Waals surface area contributed by atoms with Crippen LogP contribution in [-0.4, -0.2) is 5.26 Å². The Morgan fingerprint density at radius 2 is 1.80 bits per heavy atom. The Bertz CT molecular complexity index is 340. The molecule has 2 nitrogen and oxygen atoms in total. The SMILES string of the molecule is Cc1cc(C(C)C)cc(C(C)(C)OO)c1. The number of aryl methyl sites for hydroxylation is 1. The van der Waals surface area contributed by atoms with Crippen molar-refractivity contribution in [3.63, 3.8) is 0 Å². The molecule has 0 aliphatic rings. The van der Waals surface area contributed by atoms with Crippen LogP contribution in [0.25, 0.3) is 0 Å². The van der Waals surface area contributed by atoms with Gasteiger partial charge in [-0.05, 0) is 37.8 Å². The molecule has 0 aromatic heterocycles. The standard InChI is InChI=1S/C13H20O2/c1-9(2)11-6-10(3)7-12(8-11)13(4,5)15-14/h6-9,14H,1-5H3. The first-order valence-electron chi connectivity index (χ1n) is 5.31. The average Bonchev–Trinajstić information content (AvgIpc) is 2.16. The molecule has 0 atom stereocenters. The van der Waals surface area contributed by atoms with Crippen LogP contribution in [0.5, 0.6) is 0 Å². The van der Waals surface area contributed by atoms with Gasteiger partial charge in [0.15, 0.2) is 0 Å². The second-order valence-corrected chi connectivity index (χ2v) is 4.89. The molecule has 1 aromatic rings. The van der Waals surface area contributed by atoms with E-state index in [1.807, 2.05) is 19.9 Å². The molecule has 84 valence electrons. The van der Waals surface area contributed by atoms with E-state index in [-0.39, 0.29) is 0 Å². The molecule has 0 bridgehead atoms. The van der Waals surface area contributed by atoms with Crippen LogP contribution in [0.15, 0.2) is 18.2 Å². The summed E-state index contributed by atoms with van der Waals surface area (Å²) in [7, 11) is 0. The van der Waals surface area contributed by atoms with Gasteiger partial charge in [0.05, 0.1) is 0 Å². The average molecular weight is 208 g/mol. The highest BCUT2D eigenvalue weighted by Crippen LogP contribution is 2.28. The van der Waals surface area contributed by atoms with Gasteiger partial charge in [-0.25, -0.2) is 4.89 Å². The van der Waals surface area contributed by atoms with E-state index in [9.17, 15) is 0 Å². The third kappa shape index (κ3) is 2.80. The Hall–Kier alpha value is -0.860. The van der Waals surface area contributed by atoms with Crippen LogP contribution in [0.3, 0.4) is 0 Å². The van der Waals surface area contributed by atoms with Crippen LogP contribution in [0.2, 0.25) is 0 Å². The number of rotatable bonds is 3. The minimum absolute atomic E-state index is 0.484. The van der Waals surface area contributed by atoms with Gasteiger partial charge in [-0.2, -0.15) is 0 Å². The Kier molecular flexibility index (Phi) is 3.53. The van der Waals surface area contributed by atoms with Crippen molar-refractivity contribution in [1.82, 2.24) is 0 Å². The molecule has 15 heavy (non-hydrogen) atoms. The summed E-state index contributed by atoms with van der Waals surface area (Å²) < 4.78 is 0. The number of benzene rings is 1. The van der Waals surface area contributed by atoms with E-state index in [4.69, 9.17) is 5.26 Å². The summed E-state index contributed by atoms with van der Waals surface area (Å²) in [5.41, 5.74) is 2.83. The fraction of sp³-hybridized carbons (Fsp3) is 0.538. The summed E-state index contributed by atoms with van der Waals surface area (Å²) in [5, 5.41) is 8.87. The summed E-state index contributed by atoms with van der Waals surface area (Å²) in [6, 6.07) is 6.30. The fourth-order valence-electron chi connectivity index (χ4n) is 1.55. The lowest BCUT2D eigenvalue weighted by molar-refractivity contribution is -0.318. The first-order chi connectivity index (χ1) is 6.86. The van der Waals surface area contributed by atoms with Crippen LogP contribution >= 0.6 is 0 Å². The Morgan fingerprint density at radius 3 is 2.27 bits per heavy atom. The smallest absolute Gasteiger partial charge is 0.123 e. The van der Waals surface area contributed by atoms with Gasteiger partial charge in [0.1, 0.15) is 5.60 Å². The molecule has 1 aromatic carbocycles. The molecule has 0 aliphatic carbocycles. The van der Waals surface area contributed by atoms with Gasteiger partial charge in [-0.3, -0.25) is 5.26 Å². The van der Waals surface area contributed by atoms with Crippen molar-refractivity contribution in [2.75, 3.05) is 0 Å². The molecular weight excluding hydrogens is 188 g/mol. The lowest BCUT2D eigenvalue weighted by atomic mass is 9.91. The molecule has 0 saturated carbocycles. The largest absolute Gasteiger partial charge is 0.251 e. The second-order valence-electron chi connectivity index (χ2n) is 4.89. The zero-order valence-corrected chi connectivity index (χ0v) is 10.2. The quantitative estimate of drug-likeness (QED) is 0.604. The zero-order chi connectivity index (χ0) is 11.6. The summed E-state index contributed by atoms with van der Waals surface area (Å²) >= 11 is 0. The number of hydrogen-bond donors (Lipinski definition) is 1. The van der Waals surface area contributed by atoms with E-state index in [1.165, 1.54) is 11.1 Å². The third-order valence-electron chi connectivity index (χ3n) is 2.69. The second kappa shape index (κ2) is 4.33. The van der Waals surface area contributed by atoms with E-state index in [1.54, 1.807) is 0 Å². The summed E-state index contributed by atoms with van der Waals surface area (Å²) in [6.07, 6.45) is 0. The molecule has 0 unspecified atom stereocenters. The maximum absolute atomic E-state index is 8.87. The maximum Gasteiger partial charge on any atom is 0.123 e. The number of hydrogen-bond acceptors (Lipinski definition) is 2. The van der Waals surface area contributed by atoms with Gasteiger partial charge < -0.3 is 0 Å². The molecule has 0 heterocycles. The van der Waals surface area contributed by atoms with Crippen LogP contribution in [0.4, 0.5) is 0 Å². The van der Waals surface area contributed by atoms with Crippen LogP contribution in [0, 0.1) is 6.92 Å². The molecule has 0 aliphatic heterocycles. The van der Waals surface area contributed by atoms with Crippen molar-refractivity contribution in [1.29, 1.82) is 0 Å². The van der Waals surface area contributed by atoms with Crippen molar-refractivity contribution >= 4 is 0 Å². The predicted molar refractivity (Wildman–Crippen MR) is 62.0 cm³/mol. The van der Waals surface area contributed by atoms with Gasteiger partial charge in [0.25, 0.3) is 0 Å². The van der Waals surface area contributed by atoms with Gasteiger partial charge >= 0.3 is 0 Å². The summed E-state index contributed by atoms with van der Waals surface area (Å²) in [4.78, 5) is 4.51. The molecule has 1 rings (SSSR count). The Morgan fingerprint density at radius 1 is 1.20 bits per heavy atom. The molecule has 0 spiro atoms. The van der Waals surface area contributed by atoms with Gasteiger partial charge in [0.2, 0.25) is 0 Å². The van der Waals surface area contributed by atoms with E-state index < -0.39 is 5.60 Å². The molecule has 2 heteroatoms. The van der Waals surface area contributed by atoms with Crippen LogP contribution < -0.4 is 0 Å². The van der Waals surface area contributed by atoms with Gasteiger partial charge in [0, 0.05) is 0 Å². The molecule has 0 fully saturated rings. The van der Waals surface area contributed by atoms with Gasteiger partial charge in [-0.15, -0.1) is 0 Å². The van der Waals surface area contributed by atoms with Crippen molar-refractivity contribution in [3.8, 4) is 0 Å². The van der Waals surface area contributed by atoms with E-state index in [2.05, 4.69) is 37.8 Å². The van der Waals surface area contributed by atoms with Crippen LogP contribution in [-0.2, 0) is 10.5 Å². The van der Waals surface area contributed by atoms with E-state index in [0.717, 1.165) is 5.56 Å². The highest BCUT2D eigenvalue weighted by Gasteiger charge is 2.22. The van der Waals surface area contributed by atoms with Gasteiger partial charge in [-0.1, -0.05) is 37.6 Å². The normalized spacial score (nSPS) is 12.2.